The lowest BCUT2D eigenvalue weighted by atomic mass is 10.3. The van der Waals surface area contributed by atoms with E-state index in [1.54, 1.807) is 12.1 Å². The van der Waals surface area contributed by atoms with Gasteiger partial charge >= 0.3 is 4.87 Å². The quantitative estimate of drug-likeness (QED) is 0.767. The molecule has 0 fully saturated rings. The van der Waals surface area contributed by atoms with Crippen LogP contribution in [0, 0.1) is 0 Å². The summed E-state index contributed by atoms with van der Waals surface area (Å²) in [5.74, 6) is 0.134. The molecule has 0 bridgehead atoms. The number of nitrogens with two attached hydrogens (primary N) is 1. The van der Waals surface area contributed by atoms with Crippen molar-refractivity contribution in [1.29, 1.82) is 0 Å². The van der Waals surface area contributed by atoms with Crippen LogP contribution in [0.5, 0.6) is 5.75 Å². The summed E-state index contributed by atoms with van der Waals surface area (Å²) in [5.41, 5.74) is 5.98. The Kier molecular flexibility index (Phi) is 2.26. The molecule has 0 spiro atoms. The molecule has 1 heterocycles. The average Bonchev–Trinajstić information content (AvgIpc) is 2.45. The molecule has 0 radical (unpaired) electrons. The molecule has 14 heavy (non-hydrogen) atoms. The molecule has 0 aliphatic heterocycles. The number of rotatable bonds is 2. The minimum atomic E-state index is -0.0769. The first-order valence-electron chi connectivity index (χ1n) is 4.25. The molecule has 5 heteroatoms. The van der Waals surface area contributed by atoms with E-state index in [1.807, 2.05) is 6.07 Å². The third-order valence-electron chi connectivity index (χ3n) is 2.02. The molecule has 0 unspecified atom stereocenters. The number of para-hydroxylation sites is 1. The summed E-state index contributed by atoms with van der Waals surface area (Å²) in [6, 6.07) is 5.11. The van der Waals surface area contributed by atoms with Crippen LogP contribution in [0.4, 0.5) is 0 Å². The van der Waals surface area contributed by atoms with E-state index in [0.717, 1.165) is 16.0 Å². The van der Waals surface area contributed by atoms with Crippen molar-refractivity contribution in [2.75, 3.05) is 6.54 Å². The number of nitrogens with zero attached hydrogens (tertiary/aromatic N) is 1. The highest BCUT2D eigenvalue weighted by atomic mass is 32.1. The van der Waals surface area contributed by atoms with E-state index in [0.29, 0.717) is 18.6 Å². The van der Waals surface area contributed by atoms with E-state index in [4.69, 9.17) is 5.73 Å². The smallest absolute Gasteiger partial charge is 0.308 e. The number of hydrogen-bond donors (Lipinski definition) is 2. The summed E-state index contributed by atoms with van der Waals surface area (Å²) in [6.07, 6.45) is 0. The van der Waals surface area contributed by atoms with Gasteiger partial charge in [-0.25, -0.2) is 0 Å². The molecule has 74 valence electrons. The van der Waals surface area contributed by atoms with E-state index in [-0.39, 0.29) is 10.6 Å². The molecule has 0 saturated carbocycles. The Morgan fingerprint density at radius 2 is 2.29 bits per heavy atom. The van der Waals surface area contributed by atoms with Gasteiger partial charge in [-0.05, 0) is 12.1 Å². The number of thiazole rings is 1. The van der Waals surface area contributed by atoms with Crippen molar-refractivity contribution in [2.45, 2.75) is 6.54 Å². The summed E-state index contributed by atoms with van der Waals surface area (Å²) in [7, 11) is 0. The molecular formula is C9H10N2O2S. The highest BCUT2D eigenvalue weighted by Gasteiger charge is 2.09. The van der Waals surface area contributed by atoms with Crippen molar-refractivity contribution in [2.24, 2.45) is 5.73 Å². The number of benzene rings is 1. The van der Waals surface area contributed by atoms with Gasteiger partial charge in [-0.3, -0.25) is 9.36 Å². The zero-order valence-electron chi connectivity index (χ0n) is 7.43. The molecule has 2 rings (SSSR count). The summed E-state index contributed by atoms with van der Waals surface area (Å²) in [6.45, 7) is 0.830. The van der Waals surface area contributed by atoms with Crippen LogP contribution >= 0.6 is 11.3 Å². The van der Waals surface area contributed by atoms with Crippen molar-refractivity contribution in [3.8, 4) is 5.75 Å². The number of aromatic nitrogens is 1. The third kappa shape index (κ3) is 1.30. The number of phenolic OH excluding ortho intramolecular Hbond substituents is 1. The fraction of sp³-hybridized carbons (Fsp3) is 0.222. The van der Waals surface area contributed by atoms with Gasteiger partial charge in [-0.2, -0.15) is 0 Å². The lowest BCUT2D eigenvalue weighted by molar-refractivity contribution is 0.477. The minimum Gasteiger partial charge on any atom is -0.506 e. The van der Waals surface area contributed by atoms with E-state index < -0.39 is 0 Å². The highest BCUT2D eigenvalue weighted by Crippen LogP contribution is 2.25. The van der Waals surface area contributed by atoms with Crippen molar-refractivity contribution in [3.05, 3.63) is 27.9 Å². The first-order valence-corrected chi connectivity index (χ1v) is 5.07. The van der Waals surface area contributed by atoms with Gasteiger partial charge in [-0.15, -0.1) is 0 Å². The van der Waals surface area contributed by atoms with Crippen LogP contribution in [-0.4, -0.2) is 16.2 Å². The van der Waals surface area contributed by atoms with Crippen LogP contribution in [0.25, 0.3) is 10.2 Å². The monoisotopic (exact) mass is 210 g/mol. The van der Waals surface area contributed by atoms with Gasteiger partial charge in [-0.1, -0.05) is 17.4 Å². The zero-order chi connectivity index (χ0) is 10.1. The molecule has 1 aromatic carbocycles. The maximum Gasteiger partial charge on any atom is 0.308 e. The Morgan fingerprint density at radius 3 is 3.00 bits per heavy atom. The van der Waals surface area contributed by atoms with Crippen molar-refractivity contribution < 1.29 is 5.11 Å². The number of fused-ring (bicyclic) bond motifs is 1. The SMILES string of the molecule is NCCn1c(=O)sc2cccc(O)c21. The van der Waals surface area contributed by atoms with Crippen LogP contribution in [0.3, 0.4) is 0 Å². The summed E-state index contributed by atoms with van der Waals surface area (Å²) >= 11 is 1.12. The molecule has 0 atom stereocenters. The molecule has 0 amide bonds. The first-order chi connectivity index (χ1) is 6.74. The van der Waals surface area contributed by atoms with E-state index in [1.165, 1.54) is 4.57 Å². The Balaban J connectivity index is 2.79. The van der Waals surface area contributed by atoms with E-state index in [2.05, 4.69) is 0 Å². The molecule has 0 saturated heterocycles. The number of phenols is 1. The fourth-order valence-electron chi connectivity index (χ4n) is 1.44. The maximum atomic E-state index is 11.5. The van der Waals surface area contributed by atoms with Gasteiger partial charge in [0.25, 0.3) is 0 Å². The topological polar surface area (TPSA) is 68.2 Å². The second-order valence-corrected chi connectivity index (χ2v) is 3.93. The van der Waals surface area contributed by atoms with Crippen LogP contribution in [0.2, 0.25) is 0 Å². The van der Waals surface area contributed by atoms with Crippen molar-refractivity contribution in [1.82, 2.24) is 4.57 Å². The standard InChI is InChI=1S/C9H10N2O2S/c10-4-5-11-8-6(12)2-1-3-7(8)14-9(11)13/h1-3,12H,4-5,10H2. The highest BCUT2D eigenvalue weighted by molar-refractivity contribution is 7.16. The summed E-state index contributed by atoms with van der Waals surface area (Å²) in [5, 5.41) is 9.60. The van der Waals surface area contributed by atoms with Crippen molar-refractivity contribution >= 4 is 21.6 Å². The fourth-order valence-corrected chi connectivity index (χ4v) is 2.38. The van der Waals surface area contributed by atoms with Gasteiger partial charge in [0.05, 0.1) is 4.70 Å². The lowest BCUT2D eigenvalue weighted by Crippen LogP contribution is -2.18. The van der Waals surface area contributed by atoms with Crippen LogP contribution in [-0.2, 0) is 6.54 Å². The van der Waals surface area contributed by atoms with Gasteiger partial charge in [0.2, 0.25) is 0 Å². The number of aromatic hydroxyl groups is 1. The van der Waals surface area contributed by atoms with Gasteiger partial charge < -0.3 is 10.8 Å². The molecule has 0 aliphatic rings. The third-order valence-corrected chi connectivity index (χ3v) is 2.96. The molecule has 2 aromatic rings. The predicted octanol–water partition coefficient (Wildman–Crippen LogP) is 0.727. The first kappa shape index (κ1) is 9.23. The second-order valence-electron chi connectivity index (χ2n) is 2.93. The Labute approximate surface area is 84.2 Å². The zero-order valence-corrected chi connectivity index (χ0v) is 8.25. The van der Waals surface area contributed by atoms with Crippen LogP contribution in [0.1, 0.15) is 0 Å². The molecule has 3 N–H and O–H groups in total. The Morgan fingerprint density at radius 1 is 1.50 bits per heavy atom. The minimum absolute atomic E-state index is 0.0769. The van der Waals surface area contributed by atoms with E-state index >= 15 is 0 Å². The van der Waals surface area contributed by atoms with Gasteiger partial charge in [0.15, 0.2) is 0 Å². The second kappa shape index (κ2) is 3.43. The largest absolute Gasteiger partial charge is 0.506 e. The summed E-state index contributed by atoms with van der Waals surface area (Å²) < 4.78 is 2.30. The normalized spacial score (nSPS) is 10.9. The molecule has 1 aromatic heterocycles. The summed E-state index contributed by atoms with van der Waals surface area (Å²) in [4.78, 5) is 11.4. The Hall–Kier alpha value is -1.33. The van der Waals surface area contributed by atoms with Gasteiger partial charge in [0.1, 0.15) is 11.3 Å². The Bertz CT molecular complexity index is 515. The predicted molar refractivity (Wildman–Crippen MR) is 56.8 cm³/mol. The molecule has 0 aliphatic carbocycles. The van der Waals surface area contributed by atoms with Crippen molar-refractivity contribution in [3.63, 3.8) is 0 Å². The van der Waals surface area contributed by atoms with Crippen LogP contribution < -0.4 is 10.6 Å². The average molecular weight is 210 g/mol. The van der Waals surface area contributed by atoms with Gasteiger partial charge in [0, 0.05) is 13.1 Å². The van der Waals surface area contributed by atoms with Crippen LogP contribution in [0.15, 0.2) is 23.0 Å². The molecule has 4 nitrogen and oxygen atoms in total. The lowest BCUT2D eigenvalue weighted by Gasteiger charge is -2.01. The molecular weight excluding hydrogens is 200 g/mol. The van der Waals surface area contributed by atoms with E-state index in [9.17, 15) is 9.90 Å². The number of hydrogen-bond acceptors (Lipinski definition) is 4. The maximum absolute atomic E-state index is 11.5.